The van der Waals surface area contributed by atoms with Gasteiger partial charge in [-0.3, -0.25) is 9.59 Å². The van der Waals surface area contributed by atoms with Crippen molar-refractivity contribution in [2.45, 2.75) is 39.7 Å². The Bertz CT molecular complexity index is 237. The van der Waals surface area contributed by atoms with E-state index >= 15 is 0 Å². The highest BCUT2D eigenvalue weighted by molar-refractivity contribution is 5.74. The molecule has 16 heavy (non-hydrogen) atoms. The molecule has 0 fully saturated rings. The lowest BCUT2D eigenvalue weighted by molar-refractivity contribution is -0.153. The SMILES string of the molecule is CCC(CC(C)C(=O)O)C(=O)OCC(C)O. The zero-order valence-electron chi connectivity index (χ0n) is 9.97. The lowest BCUT2D eigenvalue weighted by atomic mass is 9.94. The second kappa shape index (κ2) is 7.22. The van der Waals surface area contributed by atoms with Crippen LogP contribution in [-0.4, -0.2) is 34.9 Å². The largest absolute Gasteiger partial charge is 0.481 e. The topological polar surface area (TPSA) is 83.8 Å². The summed E-state index contributed by atoms with van der Waals surface area (Å²) in [5.74, 6) is -2.33. The molecule has 0 bridgehead atoms. The summed E-state index contributed by atoms with van der Waals surface area (Å²) in [6.07, 6.45) is 0.110. The highest BCUT2D eigenvalue weighted by Gasteiger charge is 2.24. The number of ether oxygens (including phenoxy) is 1. The molecule has 0 radical (unpaired) electrons. The Morgan fingerprint density at radius 3 is 2.25 bits per heavy atom. The van der Waals surface area contributed by atoms with Crippen LogP contribution < -0.4 is 0 Å². The Hall–Kier alpha value is -1.10. The summed E-state index contributed by atoms with van der Waals surface area (Å²) in [7, 11) is 0. The van der Waals surface area contributed by atoms with Gasteiger partial charge >= 0.3 is 11.9 Å². The van der Waals surface area contributed by atoms with Gasteiger partial charge in [-0.05, 0) is 19.8 Å². The fraction of sp³-hybridized carbons (Fsp3) is 0.818. The first-order valence-corrected chi connectivity index (χ1v) is 5.46. The number of aliphatic carboxylic acids is 1. The molecule has 0 spiro atoms. The Kier molecular flexibility index (Phi) is 6.72. The van der Waals surface area contributed by atoms with E-state index in [-0.39, 0.29) is 13.0 Å². The van der Waals surface area contributed by atoms with Crippen molar-refractivity contribution >= 4 is 11.9 Å². The van der Waals surface area contributed by atoms with Gasteiger partial charge < -0.3 is 14.9 Å². The van der Waals surface area contributed by atoms with Crippen LogP contribution in [0.3, 0.4) is 0 Å². The third-order valence-electron chi connectivity index (χ3n) is 2.35. The molecule has 0 rings (SSSR count). The van der Waals surface area contributed by atoms with E-state index in [4.69, 9.17) is 14.9 Å². The first-order valence-electron chi connectivity index (χ1n) is 5.46. The van der Waals surface area contributed by atoms with Crippen molar-refractivity contribution in [3.05, 3.63) is 0 Å². The molecule has 3 unspecified atom stereocenters. The number of hydrogen-bond acceptors (Lipinski definition) is 4. The van der Waals surface area contributed by atoms with Crippen molar-refractivity contribution in [1.82, 2.24) is 0 Å². The fourth-order valence-corrected chi connectivity index (χ4v) is 1.28. The number of hydrogen-bond donors (Lipinski definition) is 2. The maximum Gasteiger partial charge on any atom is 0.309 e. The zero-order valence-corrected chi connectivity index (χ0v) is 9.97. The minimum atomic E-state index is -0.915. The highest BCUT2D eigenvalue weighted by Crippen LogP contribution is 2.17. The van der Waals surface area contributed by atoms with Crippen LogP contribution in [0.2, 0.25) is 0 Å². The fourth-order valence-electron chi connectivity index (χ4n) is 1.28. The van der Waals surface area contributed by atoms with Crippen LogP contribution in [0.15, 0.2) is 0 Å². The minimum Gasteiger partial charge on any atom is -0.481 e. The molecule has 2 N–H and O–H groups in total. The van der Waals surface area contributed by atoms with E-state index in [0.717, 1.165) is 0 Å². The van der Waals surface area contributed by atoms with Crippen molar-refractivity contribution in [3.8, 4) is 0 Å². The van der Waals surface area contributed by atoms with Crippen molar-refractivity contribution in [1.29, 1.82) is 0 Å². The van der Waals surface area contributed by atoms with Crippen molar-refractivity contribution < 1.29 is 24.5 Å². The summed E-state index contributed by atoms with van der Waals surface area (Å²) in [6.45, 7) is 4.85. The number of carbonyl (C=O) groups excluding carboxylic acids is 1. The van der Waals surface area contributed by atoms with E-state index in [0.29, 0.717) is 6.42 Å². The summed E-state index contributed by atoms with van der Waals surface area (Å²) in [5.41, 5.74) is 0. The average Bonchev–Trinajstić information content (AvgIpc) is 2.21. The zero-order chi connectivity index (χ0) is 12.7. The minimum absolute atomic E-state index is 0.0449. The molecule has 0 amide bonds. The van der Waals surface area contributed by atoms with E-state index < -0.39 is 29.9 Å². The van der Waals surface area contributed by atoms with Gasteiger partial charge in [0.05, 0.1) is 17.9 Å². The molecule has 0 aliphatic heterocycles. The number of carboxylic acids is 1. The molecular weight excluding hydrogens is 212 g/mol. The van der Waals surface area contributed by atoms with Gasteiger partial charge in [0.15, 0.2) is 0 Å². The van der Waals surface area contributed by atoms with Gasteiger partial charge in [0, 0.05) is 0 Å². The van der Waals surface area contributed by atoms with Gasteiger partial charge in [-0.1, -0.05) is 13.8 Å². The molecule has 0 saturated carbocycles. The number of aliphatic hydroxyl groups is 1. The van der Waals surface area contributed by atoms with Gasteiger partial charge in [0.2, 0.25) is 0 Å². The molecule has 5 heteroatoms. The summed E-state index contributed by atoms with van der Waals surface area (Å²) in [5, 5.41) is 17.7. The first kappa shape index (κ1) is 14.9. The smallest absolute Gasteiger partial charge is 0.309 e. The standard InChI is InChI=1S/C11H20O5/c1-4-9(5-7(2)10(13)14)11(15)16-6-8(3)12/h7-9,12H,4-6H2,1-3H3,(H,13,14). The number of rotatable bonds is 7. The predicted molar refractivity (Wildman–Crippen MR) is 57.8 cm³/mol. The van der Waals surface area contributed by atoms with Crippen LogP contribution in [0.1, 0.15) is 33.6 Å². The van der Waals surface area contributed by atoms with Crippen LogP contribution in [0.25, 0.3) is 0 Å². The molecular formula is C11H20O5. The molecule has 0 aliphatic rings. The number of esters is 1. The summed E-state index contributed by atoms with van der Waals surface area (Å²) >= 11 is 0. The van der Waals surface area contributed by atoms with Crippen LogP contribution >= 0.6 is 0 Å². The monoisotopic (exact) mass is 232 g/mol. The van der Waals surface area contributed by atoms with Crippen LogP contribution in [0, 0.1) is 11.8 Å². The molecule has 5 nitrogen and oxygen atoms in total. The quantitative estimate of drug-likeness (QED) is 0.641. The Labute approximate surface area is 95.4 Å². The molecule has 3 atom stereocenters. The Balaban J connectivity index is 4.16. The van der Waals surface area contributed by atoms with Crippen molar-refractivity contribution in [2.24, 2.45) is 11.8 Å². The average molecular weight is 232 g/mol. The third kappa shape index (κ3) is 5.70. The van der Waals surface area contributed by atoms with Gasteiger partial charge in [-0.25, -0.2) is 0 Å². The van der Waals surface area contributed by atoms with E-state index in [1.807, 2.05) is 6.92 Å². The van der Waals surface area contributed by atoms with E-state index in [1.165, 1.54) is 6.92 Å². The molecule has 0 saturated heterocycles. The van der Waals surface area contributed by atoms with Crippen LogP contribution in [-0.2, 0) is 14.3 Å². The van der Waals surface area contributed by atoms with E-state index in [2.05, 4.69) is 0 Å². The van der Waals surface area contributed by atoms with Crippen molar-refractivity contribution in [2.75, 3.05) is 6.61 Å². The number of carbonyl (C=O) groups is 2. The number of aliphatic hydroxyl groups excluding tert-OH is 1. The molecule has 0 heterocycles. The maximum absolute atomic E-state index is 11.5. The maximum atomic E-state index is 11.5. The summed E-state index contributed by atoms with van der Waals surface area (Å²) < 4.78 is 4.86. The van der Waals surface area contributed by atoms with Crippen molar-refractivity contribution in [3.63, 3.8) is 0 Å². The Morgan fingerprint density at radius 2 is 1.88 bits per heavy atom. The normalized spacial score (nSPS) is 16.2. The Morgan fingerprint density at radius 1 is 1.31 bits per heavy atom. The van der Waals surface area contributed by atoms with Crippen LogP contribution in [0.5, 0.6) is 0 Å². The number of carboxylic acid groups (broad SMARTS) is 1. The summed E-state index contributed by atoms with van der Waals surface area (Å²) in [4.78, 5) is 22.2. The van der Waals surface area contributed by atoms with Gasteiger partial charge in [0.25, 0.3) is 0 Å². The summed E-state index contributed by atoms with van der Waals surface area (Å²) in [6, 6.07) is 0. The first-order chi connectivity index (χ1) is 7.38. The van der Waals surface area contributed by atoms with E-state index in [9.17, 15) is 9.59 Å². The van der Waals surface area contributed by atoms with Crippen LogP contribution in [0.4, 0.5) is 0 Å². The lowest BCUT2D eigenvalue weighted by Crippen LogP contribution is -2.25. The van der Waals surface area contributed by atoms with Gasteiger partial charge in [-0.15, -0.1) is 0 Å². The third-order valence-corrected chi connectivity index (χ3v) is 2.35. The van der Waals surface area contributed by atoms with E-state index in [1.54, 1.807) is 6.92 Å². The predicted octanol–water partition coefficient (Wildman–Crippen LogP) is 1.05. The molecule has 0 aromatic rings. The molecule has 0 aromatic carbocycles. The van der Waals surface area contributed by atoms with Gasteiger partial charge in [0.1, 0.15) is 6.61 Å². The highest BCUT2D eigenvalue weighted by atomic mass is 16.5. The lowest BCUT2D eigenvalue weighted by Gasteiger charge is -2.16. The second-order valence-electron chi connectivity index (χ2n) is 4.06. The molecule has 0 aromatic heterocycles. The van der Waals surface area contributed by atoms with Gasteiger partial charge in [-0.2, -0.15) is 0 Å². The molecule has 0 aliphatic carbocycles. The molecule has 94 valence electrons. The second-order valence-corrected chi connectivity index (χ2v) is 4.06.